The van der Waals surface area contributed by atoms with Crippen molar-refractivity contribution in [3.63, 3.8) is 0 Å². The highest BCUT2D eigenvalue weighted by molar-refractivity contribution is 7.92. The summed E-state index contributed by atoms with van der Waals surface area (Å²) < 4.78 is 75.0. The molecule has 0 spiro atoms. The Kier molecular flexibility index (Phi) is 7.33. The van der Waals surface area contributed by atoms with Crippen LogP contribution in [0.25, 0.3) is 11.3 Å². The van der Waals surface area contributed by atoms with Crippen LogP contribution in [0, 0.1) is 5.92 Å². The van der Waals surface area contributed by atoms with Crippen molar-refractivity contribution in [3.05, 3.63) is 59.1 Å². The van der Waals surface area contributed by atoms with Gasteiger partial charge in [0.15, 0.2) is 5.03 Å². The molecule has 1 aromatic carbocycles. The van der Waals surface area contributed by atoms with Gasteiger partial charge in [-0.15, -0.1) is 0 Å². The molecule has 0 saturated carbocycles. The van der Waals surface area contributed by atoms with Crippen molar-refractivity contribution in [1.82, 2.24) is 9.97 Å². The summed E-state index contributed by atoms with van der Waals surface area (Å²) in [6, 6.07) is 10.5. The van der Waals surface area contributed by atoms with Crippen molar-refractivity contribution >= 4 is 33.3 Å². The Bertz CT molecular complexity index is 1370. The zero-order chi connectivity index (χ0) is 26.1. The van der Waals surface area contributed by atoms with Crippen molar-refractivity contribution in [2.24, 2.45) is 5.92 Å². The second-order valence-corrected chi connectivity index (χ2v) is 10.6. The predicted octanol–water partition coefficient (Wildman–Crippen LogP) is 5.86. The average molecular weight is 541 g/mol. The lowest BCUT2D eigenvalue weighted by Crippen LogP contribution is -2.35. The van der Waals surface area contributed by atoms with Crippen molar-refractivity contribution in [3.8, 4) is 17.0 Å². The fourth-order valence-corrected chi connectivity index (χ4v) is 5.27. The van der Waals surface area contributed by atoms with Gasteiger partial charge in [0.25, 0.3) is 10.0 Å². The molecule has 1 aliphatic heterocycles. The number of nitrogens with one attached hydrogen (secondary N) is 1. The number of sulfonamides is 1. The van der Waals surface area contributed by atoms with Gasteiger partial charge in [-0.25, -0.2) is 9.97 Å². The first-order valence-electron chi connectivity index (χ1n) is 11.1. The summed E-state index contributed by atoms with van der Waals surface area (Å²) in [6.07, 6.45) is -2.69. The van der Waals surface area contributed by atoms with E-state index in [1.807, 2.05) is 4.90 Å². The lowest BCUT2D eigenvalue weighted by Gasteiger charge is -2.31. The molecule has 3 heterocycles. The highest BCUT2D eigenvalue weighted by Gasteiger charge is 2.36. The fraction of sp³-hybridized carbons (Fsp3) is 0.333. The number of pyridine rings is 2. The van der Waals surface area contributed by atoms with E-state index in [1.54, 1.807) is 12.1 Å². The molecule has 192 valence electrons. The molecule has 0 bridgehead atoms. The molecule has 4 rings (SSSR count). The van der Waals surface area contributed by atoms with Crippen LogP contribution in [0.15, 0.2) is 53.6 Å². The first-order chi connectivity index (χ1) is 17.0. The van der Waals surface area contributed by atoms with Crippen molar-refractivity contribution in [2.75, 3.05) is 29.8 Å². The number of alkyl halides is 3. The van der Waals surface area contributed by atoms with Gasteiger partial charge in [-0.2, -0.15) is 21.6 Å². The monoisotopic (exact) mass is 540 g/mol. The van der Waals surface area contributed by atoms with Crippen LogP contribution in [0.2, 0.25) is 5.02 Å². The number of hydrogen-bond acceptors (Lipinski definition) is 6. The lowest BCUT2D eigenvalue weighted by molar-refractivity contribution is -0.137. The Hall–Kier alpha value is -3.05. The van der Waals surface area contributed by atoms with Crippen LogP contribution in [-0.4, -0.2) is 38.6 Å². The Labute approximate surface area is 212 Å². The maximum Gasteiger partial charge on any atom is 0.418 e. The van der Waals surface area contributed by atoms with Gasteiger partial charge < -0.3 is 9.64 Å². The quantitative estimate of drug-likeness (QED) is 0.421. The third kappa shape index (κ3) is 5.67. The van der Waals surface area contributed by atoms with Gasteiger partial charge in [0.2, 0.25) is 0 Å². The molecule has 1 fully saturated rings. The van der Waals surface area contributed by atoms with Crippen LogP contribution in [0.1, 0.15) is 25.3 Å². The van der Waals surface area contributed by atoms with Crippen LogP contribution < -0.4 is 14.4 Å². The number of benzene rings is 1. The Morgan fingerprint density at radius 3 is 2.61 bits per heavy atom. The van der Waals surface area contributed by atoms with Gasteiger partial charge in [-0.05, 0) is 61.2 Å². The second kappa shape index (κ2) is 10.1. The summed E-state index contributed by atoms with van der Waals surface area (Å²) in [5.74, 6) is 0.771. The first-order valence-corrected chi connectivity index (χ1v) is 13.0. The van der Waals surface area contributed by atoms with Crippen LogP contribution in [0.3, 0.4) is 0 Å². The van der Waals surface area contributed by atoms with E-state index in [0.717, 1.165) is 38.1 Å². The number of ether oxygens (including phenoxy) is 1. The van der Waals surface area contributed by atoms with Gasteiger partial charge in [0.05, 0.1) is 18.4 Å². The van der Waals surface area contributed by atoms with E-state index < -0.39 is 27.5 Å². The Morgan fingerprint density at radius 1 is 1.14 bits per heavy atom. The number of methoxy groups -OCH3 is 1. The number of halogens is 4. The van der Waals surface area contributed by atoms with Gasteiger partial charge in [0, 0.05) is 23.7 Å². The zero-order valence-corrected chi connectivity index (χ0v) is 21.1. The smallest absolute Gasteiger partial charge is 0.418 e. The minimum Gasteiger partial charge on any atom is -0.496 e. The summed E-state index contributed by atoms with van der Waals surface area (Å²) in [5, 5.41) is -0.0958. The number of rotatable bonds is 6. The molecule has 12 heteroatoms. The molecule has 0 aliphatic carbocycles. The average Bonchev–Trinajstić information content (AvgIpc) is 2.83. The predicted molar refractivity (Wildman–Crippen MR) is 132 cm³/mol. The summed E-state index contributed by atoms with van der Waals surface area (Å²) in [6.45, 7) is 3.64. The van der Waals surface area contributed by atoms with E-state index in [1.165, 1.54) is 31.4 Å². The fourth-order valence-electron chi connectivity index (χ4n) is 4.13. The van der Waals surface area contributed by atoms with E-state index in [-0.39, 0.29) is 27.2 Å². The van der Waals surface area contributed by atoms with Gasteiger partial charge in [0.1, 0.15) is 17.4 Å². The third-order valence-electron chi connectivity index (χ3n) is 5.82. The largest absolute Gasteiger partial charge is 0.496 e. The molecule has 1 N–H and O–H groups in total. The Balaban J connectivity index is 1.71. The Morgan fingerprint density at radius 2 is 1.92 bits per heavy atom. The minimum atomic E-state index is -4.76. The normalized spacial score (nSPS) is 16.6. The third-order valence-corrected chi connectivity index (χ3v) is 7.31. The molecular weight excluding hydrogens is 517 g/mol. The van der Waals surface area contributed by atoms with Gasteiger partial charge in [-0.1, -0.05) is 24.6 Å². The SMILES string of the molecule is COc1ccc(Cl)cc1-c1nc(NS(=O)(=O)c2cccc(N3CCCC(C)C3)n2)ccc1C(F)(F)F. The number of piperidine rings is 1. The highest BCUT2D eigenvalue weighted by Crippen LogP contribution is 2.41. The standard InChI is InChI=1S/C24H24ClF3N4O3S/c1-15-5-4-12-32(14-15)21-6-3-7-22(30-21)36(33,34)31-20-11-9-18(24(26,27)28)23(29-20)17-13-16(25)8-10-19(17)35-2/h3,6-11,13,15H,4-5,12,14H2,1-2H3,(H,29,31). The summed E-state index contributed by atoms with van der Waals surface area (Å²) >= 11 is 6.02. The molecule has 3 aromatic rings. The van der Waals surface area contributed by atoms with E-state index in [9.17, 15) is 21.6 Å². The van der Waals surface area contributed by atoms with Gasteiger partial charge >= 0.3 is 6.18 Å². The summed E-state index contributed by atoms with van der Waals surface area (Å²) in [5.41, 5.74) is -1.62. The molecule has 0 amide bonds. The number of hydrogen-bond donors (Lipinski definition) is 1. The number of aromatic nitrogens is 2. The number of nitrogens with zero attached hydrogens (tertiary/aromatic N) is 3. The molecule has 1 unspecified atom stereocenters. The van der Waals surface area contributed by atoms with Gasteiger partial charge in [-0.3, -0.25) is 4.72 Å². The van der Waals surface area contributed by atoms with Crippen LogP contribution in [-0.2, 0) is 16.2 Å². The summed E-state index contributed by atoms with van der Waals surface area (Å²) in [7, 11) is -2.95. The molecule has 0 radical (unpaired) electrons. The molecule has 36 heavy (non-hydrogen) atoms. The molecule has 2 aromatic heterocycles. The zero-order valence-electron chi connectivity index (χ0n) is 19.5. The maximum atomic E-state index is 13.8. The minimum absolute atomic E-state index is 0.0299. The topological polar surface area (TPSA) is 84.4 Å². The molecule has 1 aliphatic rings. The van der Waals surface area contributed by atoms with Crippen LogP contribution in [0.5, 0.6) is 5.75 Å². The molecule has 1 atom stereocenters. The van der Waals surface area contributed by atoms with Crippen LogP contribution in [0.4, 0.5) is 24.8 Å². The molecule has 7 nitrogen and oxygen atoms in total. The molecular formula is C24H24ClF3N4O3S. The molecule has 1 saturated heterocycles. The lowest BCUT2D eigenvalue weighted by atomic mass is 10.0. The first kappa shape index (κ1) is 26.0. The van der Waals surface area contributed by atoms with Crippen molar-refractivity contribution in [2.45, 2.75) is 31.0 Å². The van der Waals surface area contributed by atoms with Crippen molar-refractivity contribution in [1.29, 1.82) is 0 Å². The van der Waals surface area contributed by atoms with Crippen molar-refractivity contribution < 1.29 is 26.3 Å². The second-order valence-electron chi connectivity index (χ2n) is 8.57. The highest BCUT2D eigenvalue weighted by atomic mass is 35.5. The van der Waals surface area contributed by atoms with E-state index in [0.29, 0.717) is 11.7 Å². The van der Waals surface area contributed by atoms with E-state index in [4.69, 9.17) is 16.3 Å². The summed E-state index contributed by atoms with van der Waals surface area (Å²) in [4.78, 5) is 10.3. The number of anilines is 2. The maximum absolute atomic E-state index is 13.8. The van der Waals surface area contributed by atoms with E-state index >= 15 is 0 Å². The van der Waals surface area contributed by atoms with E-state index in [2.05, 4.69) is 21.6 Å². The van der Waals surface area contributed by atoms with Crippen LogP contribution >= 0.6 is 11.6 Å².